The number of allylic oxidation sites excluding steroid dienone is 2. The van der Waals surface area contributed by atoms with E-state index in [9.17, 15) is 19.5 Å². The maximum atomic E-state index is 12.9. The molecule has 0 saturated heterocycles. The molecule has 1 unspecified atom stereocenters. The monoisotopic (exact) mass is 586 g/mol. The maximum absolute atomic E-state index is 12.9. The third-order valence-electron chi connectivity index (χ3n) is 14.3. The fourth-order valence-electron chi connectivity index (χ4n) is 11.6. The van der Waals surface area contributed by atoms with E-state index >= 15 is 0 Å². The topological polar surface area (TPSA) is 110 Å². The van der Waals surface area contributed by atoms with Gasteiger partial charge in [-0.3, -0.25) is 14.4 Å². The number of aliphatic hydroxyl groups is 1. The van der Waals surface area contributed by atoms with Gasteiger partial charge < -0.3 is 19.7 Å². The van der Waals surface area contributed by atoms with Crippen LogP contribution >= 0.6 is 0 Å². The molecule has 0 aromatic heterocycles. The molecule has 236 valence electrons. The van der Waals surface area contributed by atoms with Gasteiger partial charge in [0, 0.05) is 5.41 Å². The van der Waals surface area contributed by atoms with Crippen LogP contribution in [-0.4, -0.2) is 47.4 Å². The van der Waals surface area contributed by atoms with Gasteiger partial charge in [-0.25, -0.2) is 0 Å². The summed E-state index contributed by atoms with van der Waals surface area (Å²) in [6.45, 7) is 16.2. The first-order chi connectivity index (χ1) is 19.6. The Labute approximate surface area is 252 Å². The van der Waals surface area contributed by atoms with Crippen LogP contribution in [0, 0.1) is 56.7 Å². The van der Waals surface area contributed by atoms with Gasteiger partial charge in [0.2, 0.25) is 0 Å². The van der Waals surface area contributed by atoms with E-state index in [-0.39, 0.29) is 46.9 Å². The van der Waals surface area contributed by atoms with Gasteiger partial charge in [0.1, 0.15) is 19.1 Å². The summed E-state index contributed by atoms with van der Waals surface area (Å²) >= 11 is 0. The van der Waals surface area contributed by atoms with Crippen molar-refractivity contribution in [2.75, 3.05) is 13.2 Å². The number of fused-ring (bicyclic) bond motifs is 7. The number of esters is 2. The zero-order valence-corrected chi connectivity index (χ0v) is 27.0. The summed E-state index contributed by atoms with van der Waals surface area (Å²) in [5.41, 5.74) is 0.686. The summed E-state index contributed by atoms with van der Waals surface area (Å²) in [7, 11) is 0. The Morgan fingerprint density at radius 2 is 1.62 bits per heavy atom. The lowest BCUT2D eigenvalue weighted by Crippen LogP contribution is -2.65. The Hall–Kier alpha value is -1.89. The number of aliphatic hydroxyl groups excluding tert-OH is 1. The first-order valence-corrected chi connectivity index (χ1v) is 16.5. The summed E-state index contributed by atoms with van der Waals surface area (Å²) in [5, 5.41) is 19.5. The molecule has 7 nitrogen and oxygen atoms in total. The molecule has 0 radical (unpaired) electrons. The Bertz CT molecular complexity index is 1140. The van der Waals surface area contributed by atoms with E-state index in [1.807, 2.05) is 0 Å². The molecule has 7 heteroatoms. The summed E-state index contributed by atoms with van der Waals surface area (Å²) in [4.78, 5) is 37.6. The lowest BCUT2D eigenvalue weighted by molar-refractivity contribution is -0.214. The van der Waals surface area contributed by atoms with Crippen molar-refractivity contribution in [2.24, 2.45) is 56.7 Å². The number of rotatable bonds is 6. The van der Waals surface area contributed by atoms with Gasteiger partial charge in [-0.1, -0.05) is 60.1 Å². The van der Waals surface area contributed by atoms with Gasteiger partial charge in [-0.2, -0.15) is 0 Å². The second kappa shape index (κ2) is 10.6. The minimum absolute atomic E-state index is 0.0266. The lowest BCUT2D eigenvalue weighted by atomic mass is 9.33. The first-order valence-electron chi connectivity index (χ1n) is 16.5. The first kappa shape index (κ1) is 31.5. The molecule has 0 aromatic carbocycles. The van der Waals surface area contributed by atoms with Crippen molar-refractivity contribution < 1.29 is 34.1 Å². The molecule has 5 aliphatic rings. The van der Waals surface area contributed by atoms with Crippen molar-refractivity contribution in [3.05, 3.63) is 11.6 Å². The van der Waals surface area contributed by atoms with E-state index in [0.717, 1.165) is 57.8 Å². The van der Waals surface area contributed by atoms with Crippen molar-refractivity contribution in [1.82, 2.24) is 0 Å². The predicted molar refractivity (Wildman–Crippen MR) is 159 cm³/mol. The smallest absolute Gasteiger partial charge is 0.317 e. The van der Waals surface area contributed by atoms with Crippen LogP contribution < -0.4 is 0 Å². The molecule has 0 bridgehead atoms. The average Bonchev–Trinajstić information content (AvgIpc) is 2.91. The SMILES string of the molecule is C[C@@H]1CC[C@]2(C(=O)O)CC[C@]3(C)C(=CC[C@@H]4[C@@]5(C)CC[C@H](OC(=O)CC(=O)OCCO)C(C)(C)[C@@H]5CC[C@]43C)C2[C@H]1C. The Balaban J connectivity index is 1.42. The molecule has 0 heterocycles. The zero-order valence-electron chi connectivity index (χ0n) is 27.0. The summed E-state index contributed by atoms with van der Waals surface area (Å²) in [5.74, 6) is 0.0147. The van der Waals surface area contributed by atoms with Crippen LogP contribution in [0.3, 0.4) is 0 Å². The third kappa shape index (κ3) is 4.41. The summed E-state index contributed by atoms with van der Waals surface area (Å²) in [6, 6.07) is 0. The second-order valence-corrected chi connectivity index (χ2v) is 16.1. The van der Waals surface area contributed by atoms with Gasteiger partial charge >= 0.3 is 17.9 Å². The Morgan fingerprint density at radius 1 is 0.905 bits per heavy atom. The normalized spacial score (nSPS) is 45.7. The van der Waals surface area contributed by atoms with E-state index < -0.39 is 29.7 Å². The third-order valence-corrected chi connectivity index (χ3v) is 14.3. The standard InChI is InChI=1S/C35H54O7/c1-21-10-15-35(30(39)40)17-16-33(6)23(29(35)22(21)2)8-9-25-32(5)13-12-26(42-28(38)20-27(37)41-19-18-36)31(3,4)24(32)11-14-34(25,33)7/h8,21-22,24-26,29,36H,9-20H2,1-7H3,(H,39,40)/t21-,22+,24+,25-,26+,29?,32+,33-,34-,35+/m1/s1. The van der Waals surface area contributed by atoms with Gasteiger partial charge in [0.05, 0.1) is 12.0 Å². The highest BCUT2D eigenvalue weighted by molar-refractivity contribution is 5.91. The van der Waals surface area contributed by atoms with Crippen LogP contribution in [0.4, 0.5) is 0 Å². The number of carboxylic acid groups (broad SMARTS) is 1. The number of hydrogen-bond donors (Lipinski definition) is 2. The molecule has 0 spiro atoms. The number of carbonyl (C=O) groups excluding carboxylic acids is 2. The van der Waals surface area contributed by atoms with E-state index in [1.54, 1.807) is 0 Å². The van der Waals surface area contributed by atoms with Crippen molar-refractivity contribution in [3.63, 3.8) is 0 Å². The van der Waals surface area contributed by atoms with Crippen LogP contribution in [0.1, 0.15) is 113 Å². The highest BCUT2D eigenvalue weighted by Crippen LogP contribution is 2.75. The quantitative estimate of drug-likeness (QED) is 0.206. The van der Waals surface area contributed by atoms with Gasteiger partial charge in [-0.05, 0) is 104 Å². The van der Waals surface area contributed by atoms with E-state index in [2.05, 4.69) is 54.5 Å². The average molecular weight is 587 g/mol. The van der Waals surface area contributed by atoms with Gasteiger partial charge in [0.25, 0.3) is 0 Å². The zero-order chi connectivity index (χ0) is 30.9. The maximum Gasteiger partial charge on any atom is 0.317 e. The highest BCUT2D eigenvalue weighted by atomic mass is 16.6. The largest absolute Gasteiger partial charge is 0.481 e. The molecular weight excluding hydrogens is 532 g/mol. The van der Waals surface area contributed by atoms with Crippen LogP contribution in [0.5, 0.6) is 0 Å². The van der Waals surface area contributed by atoms with Crippen molar-refractivity contribution in [2.45, 2.75) is 119 Å². The van der Waals surface area contributed by atoms with E-state index in [0.29, 0.717) is 23.7 Å². The molecular formula is C35H54O7. The number of aliphatic carboxylic acids is 1. The molecule has 4 saturated carbocycles. The van der Waals surface area contributed by atoms with E-state index in [1.165, 1.54) is 5.57 Å². The van der Waals surface area contributed by atoms with Crippen molar-refractivity contribution >= 4 is 17.9 Å². The minimum atomic E-state index is -0.667. The van der Waals surface area contributed by atoms with Crippen molar-refractivity contribution in [1.29, 1.82) is 0 Å². The summed E-state index contributed by atoms with van der Waals surface area (Å²) in [6.07, 6.45) is 10.1. The number of carbonyl (C=O) groups is 3. The van der Waals surface area contributed by atoms with Crippen LogP contribution in [-0.2, 0) is 23.9 Å². The summed E-state index contributed by atoms with van der Waals surface area (Å²) < 4.78 is 10.8. The highest BCUT2D eigenvalue weighted by Gasteiger charge is 2.69. The molecule has 5 aliphatic carbocycles. The predicted octanol–water partition coefficient (Wildman–Crippen LogP) is 6.57. The van der Waals surface area contributed by atoms with Crippen LogP contribution in [0.25, 0.3) is 0 Å². The van der Waals surface area contributed by atoms with Gasteiger partial charge in [-0.15, -0.1) is 0 Å². The minimum Gasteiger partial charge on any atom is -0.481 e. The number of ether oxygens (including phenoxy) is 2. The molecule has 0 amide bonds. The molecule has 42 heavy (non-hydrogen) atoms. The van der Waals surface area contributed by atoms with Gasteiger partial charge in [0.15, 0.2) is 0 Å². The number of hydrogen-bond acceptors (Lipinski definition) is 6. The van der Waals surface area contributed by atoms with Crippen molar-refractivity contribution in [3.8, 4) is 0 Å². The molecule has 0 aliphatic heterocycles. The lowest BCUT2D eigenvalue weighted by Gasteiger charge is -2.71. The van der Waals surface area contributed by atoms with Crippen LogP contribution in [0.2, 0.25) is 0 Å². The Morgan fingerprint density at radius 3 is 2.29 bits per heavy atom. The fourth-order valence-corrected chi connectivity index (χ4v) is 11.6. The number of carboxylic acids is 1. The fraction of sp³-hybridized carbons (Fsp3) is 0.857. The molecule has 10 atom stereocenters. The second-order valence-electron chi connectivity index (χ2n) is 16.1. The van der Waals surface area contributed by atoms with Crippen LogP contribution in [0.15, 0.2) is 11.6 Å². The molecule has 4 fully saturated rings. The molecule has 2 N–H and O–H groups in total. The van der Waals surface area contributed by atoms with E-state index in [4.69, 9.17) is 14.6 Å². The Kier molecular flexibility index (Phi) is 7.98. The molecule has 5 rings (SSSR count). The molecule has 0 aromatic rings.